The number of aliphatic hydroxyl groups excluding tert-OH is 1. The highest BCUT2D eigenvalue weighted by atomic mass is 16.5. The Morgan fingerprint density at radius 3 is 2.64 bits per heavy atom. The van der Waals surface area contributed by atoms with Crippen molar-refractivity contribution in [1.29, 1.82) is 0 Å². The maximum absolute atomic E-state index is 13.1. The van der Waals surface area contributed by atoms with Crippen LogP contribution in [0.25, 0.3) is 0 Å². The fourth-order valence-electron chi connectivity index (χ4n) is 4.15. The third-order valence-corrected chi connectivity index (χ3v) is 5.26. The zero-order valence-corrected chi connectivity index (χ0v) is 14.3. The summed E-state index contributed by atoms with van der Waals surface area (Å²) in [5.74, 6) is 0.556. The summed E-state index contributed by atoms with van der Waals surface area (Å²) in [5, 5.41) is 10.9. The van der Waals surface area contributed by atoms with Crippen LogP contribution in [0.15, 0.2) is 63.6 Å². The van der Waals surface area contributed by atoms with Crippen molar-refractivity contribution in [1.82, 2.24) is 0 Å². The average Bonchev–Trinajstić information content (AvgIpc) is 2.65. The Labute approximate surface area is 145 Å². The zero-order chi connectivity index (χ0) is 17.7. The van der Waals surface area contributed by atoms with Gasteiger partial charge in [-0.1, -0.05) is 12.2 Å². The van der Waals surface area contributed by atoms with Gasteiger partial charge in [-0.3, -0.25) is 9.79 Å². The number of rotatable bonds is 3. The lowest BCUT2D eigenvalue weighted by Crippen LogP contribution is -2.46. The molecule has 0 amide bonds. The van der Waals surface area contributed by atoms with E-state index in [1.54, 1.807) is 13.3 Å². The van der Waals surface area contributed by atoms with E-state index in [9.17, 15) is 9.90 Å². The van der Waals surface area contributed by atoms with Gasteiger partial charge < -0.3 is 19.3 Å². The molecule has 25 heavy (non-hydrogen) atoms. The largest absolute Gasteiger partial charge is 0.504 e. The number of methoxy groups -OCH3 is 3. The summed E-state index contributed by atoms with van der Waals surface area (Å²) in [6, 6.07) is 0. The first-order chi connectivity index (χ1) is 12.1. The van der Waals surface area contributed by atoms with E-state index in [0.717, 1.165) is 11.3 Å². The molecule has 4 aliphatic rings. The standard InChI is InChI=1S/C19H19NO5/c1-23-9-4-5-10-12(8-9)16(21)15-13-11(6-7-20-15)18(24-2)19(25-3)17(22)14(10)13/h4-7,11-13,22H,8H2,1-3H3. The maximum atomic E-state index is 13.1. The van der Waals surface area contributed by atoms with Gasteiger partial charge in [0.1, 0.15) is 5.76 Å². The molecule has 0 aromatic rings. The minimum Gasteiger partial charge on any atom is -0.504 e. The number of ketones is 1. The molecular weight excluding hydrogens is 322 g/mol. The third kappa shape index (κ3) is 2.03. The summed E-state index contributed by atoms with van der Waals surface area (Å²) in [6.45, 7) is 0. The van der Waals surface area contributed by atoms with Gasteiger partial charge in [-0.15, -0.1) is 0 Å². The summed E-state index contributed by atoms with van der Waals surface area (Å²) >= 11 is 0. The SMILES string of the molecule is COC1=CC=C2C3=C(O)C(OC)=C(OC)C4C=CN=C(C(=O)C2C1)C34. The summed E-state index contributed by atoms with van der Waals surface area (Å²) < 4.78 is 16.2. The molecule has 3 aliphatic carbocycles. The molecule has 0 spiro atoms. The second-order valence-electron chi connectivity index (χ2n) is 6.30. The van der Waals surface area contributed by atoms with E-state index in [1.807, 2.05) is 18.2 Å². The molecule has 4 rings (SSSR count). The Kier molecular flexibility index (Phi) is 3.56. The molecule has 0 radical (unpaired) electrons. The number of allylic oxidation sites excluding steroid dienone is 6. The highest BCUT2D eigenvalue weighted by Crippen LogP contribution is 2.51. The Morgan fingerprint density at radius 1 is 1.16 bits per heavy atom. The van der Waals surface area contributed by atoms with E-state index < -0.39 is 5.92 Å². The summed E-state index contributed by atoms with van der Waals surface area (Å²) in [6.07, 6.45) is 7.67. The number of hydrogen-bond acceptors (Lipinski definition) is 6. The van der Waals surface area contributed by atoms with E-state index in [0.29, 0.717) is 29.2 Å². The van der Waals surface area contributed by atoms with Crippen LogP contribution in [0.5, 0.6) is 0 Å². The summed E-state index contributed by atoms with van der Waals surface area (Å²) in [5.41, 5.74) is 1.96. The number of aliphatic hydroxyl groups is 1. The quantitative estimate of drug-likeness (QED) is 0.854. The first kappa shape index (κ1) is 15.7. The summed E-state index contributed by atoms with van der Waals surface area (Å²) in [7, 11) is 4.62. The van der Waals surface area contributed by atoms with Gasteiger partial charge in [-0.2, -0.15) is 0 Å². The van der Waals surface area contributed by atoms with E-state index >= 15 is 0 Å². The molecule has 1 saturated carbocycles. The first-order valence-electron chi connectivity index (χ1n) is 8.11. The lowest BCUT2D eigenvalue weighted by Gasteiger charge is -2.42. The van der Waals surface area contributed by atoms with Gasteiger partial charge in [-0.05, 0) is 11.6 Å². The van der Waals surface area contributed by atoms with Gasteiger partial charge in [-0.25, -0.2) is 0 Å². The number of carbonyl (C=O) groups excluding carboxylic acids is 1. The van der Waals surface area contributed by atoms with Crippen LogP contribution in [-0.2, 0) is 19.0 Å². The van der Waals surface area contributed by atoms with Crippen molar-refractivity contribution < 1.29 is 24.1 Å². The maximum Gasteiger partial charge on any atom is 0.199 e. The van der Waals surface area contributed by atoms with Crippen LogP contribution in [-0.4, -0.2) is 37.9 Å². The smallest absolute Gasteiger partial charge is 0.199 e. The number of hydrogen-bond donors (Lipinski definition) is 1. The highest BCUT2D eigenvalue weighted by Gasteiger charge is 2.51. The number of Topliss-reactive ketones (excluding diaryl/α,β-unsaturated/α-hetero) is 1. The minimum atomic E-state index is -0.401. The molecule has 0 aromatic carbocycles. The molecule has 6 heteroatoms. The number of fused-ring (bicyclic) bond motifs is 2. The molecular formula is C19H19NO5. The Morgan fingerprint density at radius 2 is 1.96 bits per heavy atom. The van der Waals surface area contributed by atoms with Gasteiger partial charge in [0.2, 0.25) is 0 Å². The fourth-order valence-corrected chi connectivity index (χ4v) is 4.15. The van der Waals surface area contributed by atoms with Crippen LogP contribution in [0, 0.1) is 17.8 Å². The predicted molar refractivity (Wildman–Crippen MR) is 90.5 cm³/mol. The summed E-state index contributed by atoms with van der Waals surface area (Å²) in [4.78, 5) is 17.4. The Bertz CT molecular complexity index is 840. The van der Waals surface area contributed by atoms with Gasteiger partial charge in [0, 0.05) is 24.1 Å². The molecule has 1 fully saturated rings. The number of aliphatic imine (C=N–C) groups is 1. The molecule has 3 atom stereocenters. The van der Waals surface area contributed by atoms with Crippen LogP contribution in [0.4, 0.5) is 0 Å². The van der Waals surface area contributed by atoms with Gasteiger partial charge in [0.25, 0.3) is 0 Å². The topological polar surface area (TPSA) is 77.3 Å². The third-order valence-electron chi connectivity index (χ3n) is 5.26. The molecule has 3 unspecified atom stereocenters. The normalized spacial score (nSPS) is 30.1. The van der Waals surface area contributed by atoms with E-state index in [1.165, 1.54) is 14.2 Å². The molecule has 0 saturated heterocycles. The number of nitrogens with zero attached hydrogens (tertiary/aromatic N) is 1. The van der Waals surface area contributed by atoms with Crippen LogP contribution >= 0.6 is 0 Å². The number of ether oxygens (including phenoxy) is 3. The van der Waals surface area contributed by atoms with Gasteiger partial charge in [0.15, 0.2) is 17.3 Å². The Hall–Kier alpha value is -2.76. The second-order valence-corrected chi connectivity index (χ2v) is 6.30. The molecule has 1 N–H and O–H groups in total. The lowest BCUT2D eigenvalue weighted by molar-refractivity contribution is -0.116. The van der Waals surface area contributed by atoms with Crippen LogP contribution < -0.4 is 0 Å². The van der Waals surface area contributed by atoms with Crippen molar-refractivity contribution in [3.63, 3.8) is 0 Å². The highest BCUT2D eigenvalue weighted by molar-refractivity contribution is 6.44. The van der Waals surface area contributed by atoms with Crippen LogP contribution in [0.1, 0.15) is 6.42 Å². The van der Waals surface area contributed by atoms with E-state index in [-0.39, 0.29) is 23.4 Å². The molecule has 0 aromatic heterocycles. The predicted octanol–water partition coefficient (Wildman–Crippen LogP) is 2.58. The molecule has 130 valence electrons. The van der Waals surface area contributed by atoms with Gasteiger partial charge >= 0.3 is 0 Å². The molecule has 0 bridgehead atoms. The van der Waals surface area contributed by atoms with Crippen molar-refractivity contribution in [2.75, 3.05) is 21.3 Å². The van der Waals surface area contributed by atoms with Crippen LogP contribution in [0.2, 0.25) is 0 Å². The molecule has 1 heterocycles. The van der Waals surface area contributed by atoms with Crippen molar-refractivity contribution in [2.45, 2.75) is 6.42 Å². The van der Waals surface area contributed by atoms with E-state index in [4.69, 9.17) is 14.2 Å². The number of carbonyl (C=O) groups is 1. The Balaban J connectivity index is 1.98. The van der Waals surface area contributed by atoms with Crippen LogP contribution in [0.3, 0.4) is 0 Å². The van der Waals surface area contributed by atoms with E-state index in [2.05, 4.69) is 4.99 Å². The average molecular weight is 341 g/mol. The van der Waals surface area contributed by atoms with Crippen molar-refractivity contribution in [3.8, 4) is 0 Å². The molecule has 6 nitrogen and oxygen atoms in total. The lowest BCUT2D eigenvalue weighted by atomic mass is 9.62. The van der Waals surface area contributed by atoms with Gasteiger partial charge in [0.05, 0.1) is 44.6 Å². The van der Waals surface area contributed by atoms with Crippen molar-refractivity contribution in [3.05, 3.63) is 58.6 Å². The monoisotopic (exact) mass is 341 g/mol. The minimum absolute atomic E-state index is 0.0154. The molecule has 1 aliphatic heterocycles. The van der Waals surface area contributed by atoms with Crippen molar-refractivity contribution >= 4 is 11.5 Å². The first-order valence-corrected chi connectivity index (χ1v) is 8.11. The second kappa shape index (κ2) is 5.65. The zero-order valence-electron chi connectivity index (χ0n) is 14.3. The fraction of sp³-hybridized carbons (Fsp3) is 0.368. The van der Waals surface area contributed by atoms with Crippen molar-refractivity contribution in [2.24, 2.45) is 22.7 Å².